The van der Waals surface area contributed by atoms with E-state index < -0.39 is 0 Å². The lowest BCUT2D eigenvalue weighted by molar-refractivity contribution is -0.119. The molecule has 0 bridgehead atoms. The van der Waals surface area contributed by atoms with Gasteiger partial charge in [-0.3, -0.25) is 9.59 Å². The third kappa shape index (κ3) is 5.96. The lowest BCUT2D eigenvalue weighted by Gasteiger charge is -2.12. The fourth-order valence-corrected chi connectivity index (χ4v) is 2.87. The summed E-state index contributed by atoms with van der Waals surface area (Å²) in [4.78, 5) is 27.5. The highest BCUT2D eigenvalue weighted by Crippen LogP contribution is 2.34. The molecule has 0 unspecified atom stereocenters. The van der Waals surface area contributed by atoms with Crippen molar-refractivity contribution in [1.29, 1.82) is 0 Å². The van der Waals surface area contributed by atoms with Crippen molar-refractivity contribution in [3.63, 3.8) is 0 Å². The zero-order valence-corrected chi connectivity index (χ0v) is 16.7. The maximum atomic E-state index is 12.2. The van der Waals surface area contributed by atoms with E-state index in [1.54, 1.807) is 31.2 Å². The molecule has 0 saturated heterocycles. The number of ketones is 1. The number of benzene rings is 1. The van der Waals surface area contributed by atoms with Gasteiger partial charge in [0.2, 0.25) is 11.8 Å². The highest BCUT2D eigenvalue weighted by atomic mass is 35.5. The van der Waals surface area contributed by atoms with E-state index in [2.05, 4.69) is 10.3 Å². The molecule has 1 aliphatic carbocycles. The van der Waals surface area contributed by atoms with Crippen molar-refractivity contribution < 1.29 is 19.1 Å². The number of hydrogen-bond acceptors (Lipinski definition) is 5. The Bertz CT molecular complexity index is 850. The van der Waals surface area contributed by atoms with E-state index in [-0.39, 0.29) is 24.2 Å². The lowest BCUT2D eigenvalue weighted by atomic mass is 10.1. The fourth-order valence-electron chi connectivity index (χ4n) is 2.66. The number of amides is 1. The van der Waals surface area contributed by atoms with Crippen LogP contribution < -0.4 is 14.8 Å². The van der Waals surface area contributed by atoms with Crippen LogP contribution in [-0.4, -0.2) is 29.3 Å². The van der Waals surface area contributed by atoms with Crippen molar-refractivity contribution in [2.24, 2.45) is 5.92 Å². The van der Waals surface area contributed by atoms with Crippen molar-refractivity contribution in [2.75, 3.05) is 6.61 Å². The summed E-state index contributed by atoms with van der Waals surface area (Å²) in [5.74, 6) is 1.91. The van der Waals surface area contributed by atoms with E-state index in [1.165, 1.54) is 26.0 Å². The molecule has 1 saturated carbocycles. The molecule has 2 aromatic rings. The molecular weight excluding hydrogens is 380 g/mol. The van der Waals surface area contributed by atoms with Crippen LogP contribution in [0.25, 0.3) is 0 Å². The van der Waals surface area contributed by atoms with Gasteiger partial charge in [-0.25, -0.2) is 4.98 Å². The van der Waals surface area contributed by atoms with Crippen molar-refractivity contribution in [2.45, 2.75) is 39.2 Å². The number of pyridine rings is 1. The topological polar surface area (TPSA) is 77.5 Å². The van der Waals surface area contributed by atoms with E-state index in [0.29, 0.717) is 40.5 Å². The SMILES string of the molecule is CC(=O)N[C@@H](C)CC(=O)c1ccc(Oc2ccc(OCC3CC3)cc2Cl)nc1. The van der Waals surface area contributed by atoms with Gasteiger partial charge in [0.15, 0.2) is 5.78 Å². The second-order valence-corrected chi connectivity index (χ2v) is 7.47. The number of nitrogens with zero attached hydrogens (tertiary/aromatic N) is 1. The van der Waals surface area contributed by atoms with Gasteiger partial charge in [0, 0.05) is 43.3 Å². The third-order valence-electron chi connectivity index (χ3n) is 4.30. The Morgan fingerprint density at radius 1 is 1.29 bits per heavy atom. The van der Waals surface area contributed by atoms with E-state index >= 15 is 0 Å². The smallest absolute Gasteiger partial charge is 0.219 e. The summed E-state index contributed by atoms with van der Waals surface area (Å²) in [6, 6.07) is 8.29. The van der Waals surface area contributed by atoms with Gasteiger partial charge in [-0.05, 0) is 43.9 Å². The summed E-state index contributed by atoms with van der Waals surface area (Å²) in [5, 5.41) is 3.12. The van der Waals surface area contributed by atoms with E-state index in [9.17, 15) is 9.59 Å². The monoisotopic (exact) mass is 402 g/mol. The minimum atomic E-state index is -0.236. The Morgan fingerprint density at radius 2 is 2.07 bits per heavy atom. The number of rotatable bonds is 9. The predicted octanol–water partition coefficient (Wildman–Crippen LogP) is 4.41. The normalized spacial score (nSPS) is 14.2. The van der Waals surface area contributed by atoms with Crippen molar-refractivity contribution >= 4 is 23.3 Å². The number of carbonyl (C=O) groups is 2. The minimum Gasteiger partial charge on any atom is -0.493 e. The molecule has 1 fully saturated rings. The van der Waals surface area contributed by atoms with Crippen molar-refractivity contribution in [3.8, 4) is 17.4 Å². The van der Waals surface area contributed by atoms with Crippen LogP contribution in [0.15, 0.2) is 36.5 Å². The molecule has 1 heterocycles. The van der Waals surface area contributed by atoms with Gasteiger partial charge in [0.25, 0.3) is 0 Å². The Balaban J connectivity index is 1.57. The number of halogens is 1. The number of Topliss-reactive ketones (excluding diaryl/α,β-unsaturated/α-hetero) is 1. The number of ether oxygens (including phenoxy) is 2. The lowest BCUT2D eigenvalue weighted by Crippen LogP contribution is -2.32. The molecule has 0 radical (unpaired) electrons. The molecule has 28 heavy (non-hydrogen) atoms. The molecule has 148 valence electrons. The number of aromatic nitrogens is 1. The molecule has 7 heteroatoms. The van der Waals surface area contributed by atoms with Gasteiger partial charge in [0.05, 0.1) is 11.6 Å². The number of hydrogen-bond donors (Lipinski definition) is 1. The van der Waals surface area contributed by atoms with Gasteiger partial charge in [-0.1, -0.05) is 11.6 Å². The molecule has 1 N–H and O–H groups in total. The third-order valence-corrected chi connectivity index (χ3v) is 4.60. The van der Waals surface area contributed by atoms with Crippen LogP contribution in [0.3, 0.4) is 0 Å². The maximum Gasteiger partial charge on any atom is 0.219 e. The van der Waals surface area contributed by atoms with Crippen LogP contribution in [0.4, 0.5) is 0 Å². The Labute approximate surface area is 169 Å². The van der Waals surface area contributed by atoms with Crippen molar-refractivity contribution in [1.82, 2.24) is 10.3 Å². The van der Waals surface area contributed by atoms with Crippen molar-refractivity contribution in [3.05, 3.63) is 47.1 Å². The first-order valence-corrected chi connectivity index (χ1v) is 9.65. The molecule has 1 atom stereocenters. The summed E-state index contributed by atoms with van der Waals surface area (Å²) in [6.07, 6.45) is 4.12. The molecule has 0 spiro atoms. The van der Waals surface area contributed by atoms with Crippen LogP contribution in [-0.2, 0) is 4.79 Å². The molecule has 1 aliphatic rings. The average molecular weight is 403 g/mol. The largest absolute Gasteiger partial charge is 0.493 e. The fraction of sp³-hybridized carbons (Fsp3) is 0.381. The van der Waals surface area contributed by atoms with E-state index in [4.69, 9.17) is 21.1 Å². The summed E-state index contributed by atoms with van der Waals surface area (Å²) in [5.41, 5.74) is 0.458. The first-order valence-electron chi connectivity index (χ1n) is 9.27. The minimum absolute atomic E-state index is 0.101. The molecule has 1 amide bonds. The van der Waals surface area contributed by atoms with Crippen LogP contribution >= 0.6 is 11.6 Å². The second kappa shape index (κ2) is 9.06. The molecule has 3 rings (SSSR count). The summed E-state index contributed by atoms with van der Waals surface area (Å²) in [7, 11) is 0. The summed E-state index contributed by atoms with van der Waals surface area (Å²) < 4.78 is 11.4. The first-order chi connectivity index (χ1) is 13.4. The number of carbonyl (C=O) groups excluding carboxylic acids is 2. The number of nitrogens with one attached hydrogen (secondary N) is 1. The van der Waals surface area contributed by atoms with Crippen LogP contribution in [0.2, 0.25) is 5.02 Å². The van der Waals surface area contributed by atoms with E-state index in [1.807, 2.05) is 6.07 Å². The molecular formula is C21H23ClN2O4. The maximum absolute atomic E-state index is 12.2. The highest BCUT2D eigenvalue weighted by molar-refractivity contribution is 6.32. The van der Waals surface area contributed by atoms with Gasteiger partial charge < -0.3 is 14.8 Å². The van der Waals surface area contributed by atoms with Gasteiger partial charge in [0.1, 0.15) is 11.5 Å². The zero-order chi connectivity index (χ0) is 20.1. The van der Waals surface area contributed by atoms with Crippen LogP contribution in [0.5, 0.6) is 17.4 Å². The molecule has 1 aromatic heterocycles. The Kier molecular flexibility index (Phi) is 6.52. The first kappa shape index (κ1) is 20.1. The van der Waals surface area contributed by atoms with E-state index in [0.717, 1.165) is 0 Å². The molecule has 1 aromatic carbocycles. The predicted molar refractivity (Wildman–Crippen MR) is 106 cm³/mol. The van der Waals surface area contributed by atoms with Crippen LogP contribution in [0, 0.1) is 5.92 Å². The van der Waals surface area contributed by atoms with Gasteiger partial charge >= 0.3 is 0 Å². The Morgan fingerprint density at radius 3 is 2.68 bits per heavy atom. The second-order valence-electron chi connectivity index (χ2n) is 7.06. The molecule has 0 aliphatic heterocycles. The van der Waals surface area contributed by atoms with Gasteiger partial charge in [-0.15, -0.1) is 0 Å². The highest BCUT2D eigenvalue weighted by Gasteiger charge is 2.22. The van der Waals surface area contributed by atoms with Crippen LogP contribution in [0.1, 0.15) is 43.5 Å². The summed E-state index contributed by atoms with van der Waals surface area (Å²) >= 11 is 6.27. The Hall–Kier alpha value is -2.60. The average Bonchev–Trinajstić information content (AvgIpc) is 3.46. The van der Waals surface area contributed by atoms with Gasteiger partial charge in [-0.2, -0.15) is 0 Å². The standard InChI is InChI=1S/C21H23ClN2O4/c1-13(24-14(2)25)9-19(26)16-5-8-21(23-11-16)28-20-7-6-17(10-18(20)22)27-12-15-3-4-15/h5-8,10-11,13,15H,3-4,9,12H2,1-2H3,(H,24,25)/t13-/m0/s1. The zero-order valence-electron chi connectivity index (χ0n) is 15.9. The molecule has 6 nitrogen and oxygen atoms in total. The quantitative estimate of drug-likeness (QED) is 0.628. The summed E-state index contributed by atoms with van der Waals surface area (Å²) in [6.45, 7) is 3.92.